The van der Waals surface area contributed by atoms with Crippen molar-refractivity contribution in [1.29, 1.82) is 0 Å². The third kappa shape index (κ3) is 0.816. The van der Waals surface area contributed by atoms with Gasteiger partial charge in [-0.15, -0.1) is 0 Å². The van der Waals surface area contributed by atoms with Gasteiger partial charge in [-0.1, -0.05) is 0 Å². The summed E-state index contributed by atoms with van der Waals surface area (Å²) < 4.78 is 4.83. The Balaban J connectivity index is 2.24. The Morgan fingerprint density at radius 1 is 1.88 bits per heavy atom. The molecule has 3 nitrogen and oxygen atoms in total. The highest BCUT2D eigenvalue weighted by Crippen LogP contribution is 2.09. The maximum absolute atomic E-state index is 10.5. The predicted molar refractivity (Wildman–Crippen MR) is 27.9 cm³/mol. The van der Waals surface area contributed by atoms with Crippen LogP contribution in [-0.2, 0) is 9.53 Å². The van der Waals surface area contributed by atoms with Crippen LogP contribution < -0.4 is 5.32 Å². The molecule has 0 bridgehead atoms. The van der Waals surface area contributed by atoms with Crippen molar-refractivity contribution in [1.82, 2.24) is 5.32 Å². The van der Waals surface area contributed by atoms with Crippen LogP contribution in [0.1, 0.15) is 6.42 Å². The lowest BCUT2D eigenvalue weighted by molar-refractivity contribution is -0.143. The smallest absolute Gasteiger partial charge is 0.249 e. The van der Waals surface area contributed by atoms with Crippen LogP contribution in [0.2, 0.25) is 0 Å². The second-order valence-electron chi connectivity index (χ2n) is 1.69. The van der Waals surface area contributed by atoms with Gasteiger partial charge in [-0.25, -0.2) is 0 Å². The molecule has 1 heterocycles. The van der Waals surface area contributed by atoms with Crippen molar-refractivity contribution in [2.75, 3.05) is 6.61 Å². The molecule has 1 N–H and O–H groups in total. The zero-order valence-corrected chi connectivity index (χ0v) is 4.52. The van der Waals surface area contributed by atoms with E-state index in [0.29, 0.717) is 6.61 Å². The van der Waals surface area contributed by atoms with E-state index in [1.807, 2.05) is 0 Å². The van der Waals surface area contributed by atoms with Crippen molar-refractivity contribution < 1.29 is 9.53 Å². The first kappa shape index (κ1) is 5.56. The molecule has 1 aliphatic heterocycles. The van der Waals surface area contributed by atoms with Crippen molar-refractivity contribution in [3.05, 3.63) is 7.05 Å². The lowest BCUT2D eigenvalue weighted by Gasteiger charge is -2.23. The number of hydrogen-bond acceptors (Lipinski definition) is 2. The topological polar surface area (TPSA) is 38.3 Å². The monoisotopic (exact) mass is 114 g/mol. The highest BCUT2D eigenvalue weighted by molar-refractivity contribution is 5.81. The molecule has 1 amide bonds. The maximum Gasteiger partial charge on any atom is 0.249 e. The van der Waals surface area contributed by atoms with Gasteiger partial charge < -0.3 is 10.1 Å². The highest BCUT2D eigenvalue weighted by atomic mass is 16.5. The Bertz CT molecular complexity index is 98.6. The summed E-state index contributed by atoms with van der Waals surface area (Å²) in [7, 11) is 3.21. The number of ether oxygens (including phenoxy) is 1. The normalized spacial score (nSPS) is 26.4. The minimum absolute atomic E-state index is 0.115. The zero-order chi connectivity index (χ0) is 5.98. The quantitative estimate of drug-likeness (QED) is 0.507. The van der Waals surface area contributed by atoms with E-state index in [9.17, 15) is 4.79 Å². The van der Waals surface area contributed by atoms with Gasteiger partial charge in [0.2, 0.25) is 5.91 Å². The van der Waals surface area contributed by atoms with Crippen LogP contribution in [-0.4, -0.2) is 18.6 Å². The molecule has 1 saturated heterocycles. The van der Waals surface area contributed by atoms with E-state index in [4.69, 9.17) is 4.74 Å². The summed E-state index contributed by atoms with van der Waals surface area (Å²) in [4.78, 5) is 10.5. The van der Waals surface area contributed by atoms with Crippen molar-refractivity contribution in [2.45, 2.75) is 12.5 Å². The molecule has 3 heteroatoms. The van der Waals surface area contributed by atoms with Gasteiger partial charge in [-0.2, -0.15) is 0 Å². The molecule has 1 rings (SSSR count). The Hall–Kier alpha value is -0.570. The molecular formula is C5H8NO2. The van der Waals surface area contributed by atoms with Crippen molar-refractivity contribution in [3.8, 4) is 0 Å². The Morgan fingerprint density at radius 2 is 2.50 bits per heavy atom. The third-order valence-corrected chi connectivity index (χ3v) is 1.17. The number of carbonyl (C=O) groups excluding carboxylic acids is 1. The van der Waals surface area contributed by atoms with Crippen LogP contribution in [0.25, 0.3) is 0 Å². The molecule has 0 aromatic heterocycles. The minimum atomic E-state index is -0.215. The van der Waals surface area contributed by atoms with Crippen LogP contribution in [0.3, 0.4) is 0 Å². The van der Waals surface area contributed by atoms with Gasteiger partial charge in [0.25, 0.3) is 0 Å². The van der Waals surface area contributed by atoms with E-state index in [1.54, 1.807) is 0 Å². The standard InChI is InChI=1S/C5H8NO2/c1-6-5(7)4-2-3-8-4/h4H,1-3H2,(H,6,7). The molecule has 0 aromatic rings. The fraction of sp³-hybridized carbons (Fsp3) is 0.600. The van der Waals surface area contributed by atoms with Gasteiger partial charge in [0.1, 0.15) is 6.10 Å². The van der Waals surface area contributed by atoms with Crippen molar-refractivity contribution in [3.63, 3.8) is 0 Å². The van der Waals surface area contributed by atoms with Crippen LogP contribution in [0.15, 0.2) is 0 Å². The van der Waals surface area contributed by atoms with Gasteiger partial charge >= 0.3 is 0 Å². The summed E-state index contributed by atoms with van der Waals surface area (Å²) >= 11 is 0. The van der Waals surface area contributed by atoms with Crippen molar-refractivity contribution in [2.24, 2.45) is 0 Å². The van der Waals surface area contributed by atoms with Crippen LogP contribution in [0.5, 0.6) is 0 Å². The van der Waals surface area contributed by atoms with Gasteiger partial charge in [0.15, 0.2) is 0 Å². The lowest BCUT2D eigenvalue weighted by atomic mass is 10.2. The van der Waals surface area contributed by atoms with E-state index in [1.165, 1.54) is 0 Å². The van der Waals surface area contributed by atoms with Crippen LogP contribution in [0, 0.1) is 7.05 Å². The molecule has 0 aromatic carbocycles. The third-order valence-electron chi connectivity index (χ3n) is 1.17. The molecule has 1 fully saturated rings. The summed E-state index contributed by atoms with van der Waals surface area (Å²) in [6, 6.07) is 0. The number of carbonyl (C=O) groups is 1. The maximum atomic E-state index is 10.5. The summed E-state index contributed by atoms with van der Waals surface area (Å²) in [5, 5.41) is 2.25. The first-order valence-electron chi connectivity index (χ1n) is 2.53. The number of amides is 1. The Kier molecular flexibility index (Phi) is 1.48. The second-order valence-corrected chi connectivity index (χ2v) is 1.69. The Labute approximate surface area is 48.0 Å². The molecule has 1 unspecified atom stereocenters. The number of nitrogens with one attached hydrogen (secondary N) is 1. The lowest BCUT2D eigenvalue weighted by Crippen LogP contribution is -2.40. The van der Waals surface area contributed by atoms with Gasteiger partial charge in [-0.3, -0.25) is 4.79 Å². The van der Waals surface area contributed by atoms with E-state index in [2.05, 4.69) is 12.4 Å². The van der Waals surface area contributed by atoms with Gasteiger partial charge in [-0.05, 0) is 0 Å². The molecule has 1 radical (unpaired) electrons. The molecule has 0 saturated carbocycles. The van der Waals surface area contributed by atoms with Gasteiger partial charge in [0.05, 0.1) is 6.61 Å². The fourth-order valence-electron chi connectivity index (χ4n) is 0.556. The average Bonchev–Trinajstić information content (AvgIpc) is 1.62. The second kappa shape index (κ2) is 2.13. The largest absolute Gasteiger partial charge is 0.368 e. The molecule has 0 spiro atoms. The predicted octanol–water partition coefficient (Wildman–Crippen LogP) is -0.317. The van der Waals surface area contributed by atoms with Gasteiger partial charge in [0, 0.05) is 13.5 Å². The highest BCUT2D eigenvalue weighted by Gasteiger charge is 2.24. The number of rotatable bonds is 1. The SMILES string of the molecule is [CH2]NC(=O)C1CCO1. The molecule has 8 heavy (non-hydrogen) atoms. The molecule has 1 aliphatic rings. The van der Waals surface area contributed by atoms with E-state index in [-0.39, 0.29) is 12.0 Å². The van der Waals surface area contributed by atoms with Crippen LogP contribution >= 0.6 is 0 Å². The van der Waals surface area contributed by atoms with Crippen molar-refractivity contribution >= 4 is 5.91 Å². The molecule has 1 atom stereocenters. The first-order valence-corrected chi connectivity index (χ1v) is 2.53. The minimum Gasteiger partial charge on any atom is -0.368 e. The number of hydrogen-bond donors (Lipinski definition) is 1. The van der Waals surface area contributed by atoms with E-state index in [0.717, 1.165) is 6.42 Å². The molecule has 45 valence electrons. The van der Waals surface area contributed by atoms with E-state index < -0.39 is 0 Å². The molecule has 0 aliphatic carbocycles. The van der Waals surface area contributed by atoms with E-state index >= 15 is 0 Å². The summed E-state index contributed by atoms with van der Waals surface area (Å²) in [5.41, 5.74) is 0. The summed E-state index contributed by atoms with van der Waals surface area (Å²) in [5.74, 6) is -0.115. The summed E-state index contributed by atoms with van der Waals surface area (Å²) in [6.07, 6.45) is 0.619. The first-order chi connectivity index (χ1) is 3.84. The van der Waals surface area contributed by atoms with Crippen LogP contribution in [0.4, 0.5) is 0 Å². The zero-order valence-electron chi connectivity index (χ0n) is 4.52. The Morgan fingerprint density at radius 3 is 2.62 bits per heavy atom. The average molecular weight is 114 g/mol. The molecular weight excluding hydrogens is 106 g/mol. The summed E-state index contributed by atoms with van der Waals surface area (Å²) in [6.45, 7) is 0.706. The fourth-order valence-corrected chi connectivity index (χ4v) is 0.556.